The summed E-state index contributed by atoms with van der Waals surface area (Å²) in [6.07, 6.45) is 7.02. The SMILES string of the molecule is COc1ccc(OC)c(C2CCc3nc(C(=O)NCc4ccncc4)cn3C2)c1. The van der Waals surface area contributed by atoms with Gasteiger partial charge in [-0.2, -0.15) is 0 Å². The van der Waals surface area contributed by atoms with E-state index < -0.39 is 0 Å². The van der Waals surface area contributed by atoms with Crippen molar-refractivity contribution in [1.29, 1.82) is 0 Å². The molecule has 7 heteroatoms. The van der Waals surface area contributed by atoms with Crippen molar-refractivity contribution in [2.45, 2.75) is 31.8 Å². The van der Waals surface area contributed by atoms with Crippen molar-refractivity contribution in [3.8, 4) is 11.5 Å². The third-order valence-electron chi connectivity index (χ3n) is 5.30. The maximum Gasteiger partial charge on any atom is 0.271 e. The van der Waals surface area contributed by atoms with Gasteiger partial charge in [0.1, 0.15) is 23.0 Å². The molecule has 0 bridgehead atoms. The molecular weight excluding hydrogens is 368 g/mol. The van der Waals surface area contributed by atoms with Crippen molar-refractivity contribution in [3.63, 3.8) is 0 Å². The zero-order valence-corrected chi connectivity index (χ0v) is 16.6. The highest BCUT2D eigenvalue weighted by atomic mass is 16.5. The van der Waals surface area contributed by atoms with Gasteiger partial charge in [0.05, 0.1) is 14.2 Å². The first-order valence-electron chi connectivity index (χ1n) is 9.63. The number of hydrogen-bond donors (Lipinski definition) is 1. The number of aryl methyl sites for hydroxylation is 1. The minimum atomic E-state index is -0.167. The van der Waals surface area contributed by atoms with Gasteiger partial charge in [-0.1, -0.05) is 0 Å². The van der Waals surface area contributed by atoms with Crippen LogP contribution in [0.2, 0.25) is 0 Å². The van der Waals surface area contributed by atoms with Crippen molar-refractivity contribution < 1.29 is 14.3 Å². The standard InChI is InChI=1S/C22H24N4O3/c1-28-17-4-5-20(29-2)18(11-17)16-3-6-21-25-19(14-26(21)13-16)22(27)24-12-15-7-9-23-10-8-15/h4-5,7-11,14,16H,3,6,12-13H2,1-2H3,(H,24,27). The lowest BCUT2D eigenvalue weighted by molar-refractivity contribution is 0.0946. The minimum Gasteiger partial charge on any atom is -0.497 e. The first-order chi connectivity index (χ1) is 14.2. The number of rotatable bonds is 6. The summed E-state index contributed by atoms with van der Waals surface area (Å²) in [4.78, 5) is 21.1. The van der Waals surface area contributed by atoms with Crippen molar-refractivity contribution in [2.24, 2.45) is 0 Å². The molecule has 1 unspecified atom stereocenters. The number of imidazole rings is 1. The highest BCUT2D eigenvalue weighted by Gasteiger charge is 2.25. The van der Waals surface area contributed by atoms with Crippen LogP contribution in [-0.2, 0) is 19.5 Å². The van der Waals surface area contributed by atoms with E-state index in [1.807, 2.05) is 36.5 Å². The number of amides is 1. The topological polar surface area (TPSA) is 78.3 Å². The molecule has 1 aliphatic heterocycles. The molecule has 2 aromatic heterocycles. The van der Waals surface area contributed by atoms with E-state index in [0.29, 0.717) is 12.2 Å². The van der Waals surface area contributed by atoms with Gasteiger partial charge in [0.15, 0.2) is 0 Å². The molecule has 7 nitrogen and oxygen atoms in total. The number of carbonyl (C=O) groups is 1. The molecule has 1 amide bonds. The van der Waals surface area contributed by atoms with E-state index in [0.717, 1.165) is 47.8 Å². The van der Waals surface area contributed by atoms with E-state index in [9.17, 15) is 4.79 Å². The van der Waals surface area contributed by atoms with Crippen LogP contribution in [0.1, 0.15) is 39.8 Å². The Kier molecular flexibility index (Phi) is 5.46. The summed E-state index contributed by atoms with van der Waals surface area (Å²) in [6.45, 7) is 1.21. The average Bonchev–Trinajstić information content (AvgIpc) is 3.21. The number of methoxy groups -OCH3 is 2. The fourth-order valence-electron chi connectivity index (χ4n) is 3.74. The van der Waals surface area contributed by atoms with Gasteiger partial charge in [-0.3, -0.25) is 9.78 Å². The van der Waals surface area contributed by atoms with E-state index in [1.54, 1.807) is 26.6 Å². The highest BCUT2D eigenvalue weighted by molar-refractivity contribution is 5.92. The quantitative estimate of drug-likeness (QED) is 0.698. The molecule has 3 aromatic rings. The number of pyridine rings is 1. The smallest absolute Gasteiger partial charge is 0.271 e. The second kappa shape index (κ2) is 8.34. The average molecular weight is 392 g/mol. The van der Waals surface area contributed by atoms with Gasteiger partial charge in [0.2, 0.25) is 0 Å². The summed E-state index contributed by atoms with van der Waals surface area (Å²) < 4.78 is 13.0. The zero-order valence-electron chi connectivity index (χ0n) is 16.6. The van der Waals surface area contributed by atoms with Crippen LogP contribution in [0.25, 0.3) is 0 Å². The van der Waals surface area contributed by atoms with Crippen LogP contribution in [-0.4, -0.2) is 34.7 Å². The van der Waals surface area contributed by atoms with Crippen LogP contribution in [0.15, 0.2) is 48.9 Å². The summed E-state index contributed by atoms with van der Waals surface area (Å²) in [5.41, 5.74) is 2.57. The van der Waals surface area contributed by atoms with Gasteiger partial charge in [0.25, 0.3) is 5.91 Å². The lowest BCUT2D eigenvalue weighted by Crippen LogP contribution is -2.23. The van der Waals surface area contributed by atoms with Crippen molar-refractivity contribution in [2.75, 3.05) is 14.2 Å². The molecule has 0 spiro atoms. The number of benzene rings is 1. The van der Waals surface area contributed by atoms with Crippen molar-refractivity contribution in [1.82, 2.24) is 19.9 Å². The van der Waals surface area contributed by atoms with Crippen LogP contribution in [0.4, 0.5) is 0 Å². The van der Waals surface area contributed by atoms with E-state index in [2.05, 4.69) is 19.9 Å². The lowest BCUT2D eigenvalue weighted by Gasteiger charge is -2.25. The molecule has 1 aliphatic rings. The second-order valence-electron chi connectivity index (χ2n) is 7.08. The molecule has 1 atom stereocenters. The Morgan fingerprint density at radius 3 is 2.79 bits per heavy atom. The van der Waals surface area contributed by atoms with E-state index in [4.69, 9.17) is 9.47 Å². The third-order valence-corrected chi connectivity index (χ3v) is 5.30. The van der Waals surface area contributed by atoms with Crippen LogP contribution < -0.4 is 14.8 Å². The number of hydrogen-bond acceptors (Lipinski definition) is 5. The van der Waals surface area contributed by atoms with Gasteiger partial charge in [-0.05, 0) is 42.3 Å². The Morgan fingerprint density at radius 1 is 1.21 bits per heavy atom. The molecule has 0 saturated heterocycles. The van der Waals surface area contributed by atoms with Crippen LogP contribution >= 0.6 is 0 Å². The van der Waals surface area contributed by atoms with Crippen LogP contribution in [0.3, 0.4) is 0 Å². The molecule has 29 heavy (non-hydrogen) atoms. The molecule has 150 valence electrons. The number of nitrogens with zero attached hydrogens (tertiary/aromatic N) is 3. The van der Waals surface area contributed by atoms with Crippen molar-refractivity contribution >= 4 is 5.91 Å². The fourth-order valence-corrected chi connectivity index (χ4v) is 3.74. The number of aromatic nitrogens is 3. The maximum absolute atomic E-state index is 12.5. The number of carbonyl (C=O) groups excluding carboxylic acids is 1. The van der Waals surface area contributed by atoms with Gasteiger partial charge >= 0.3 is 0 Å². The molecule has 1 N–H and O–H groups in total. The third kappa shape index (κ3) is 4.08. The van der Waals surface area contributed by atoms with Gasteiger partial charge in [-0.25, -0.2) is 4.98 Å². The number of ether oxygens (including phenoxy) is 2. The first kappa shape index (κ1) is 19.0. The molecule has 0 radical (unpaired) electrons. The summed E-state index contributed by atoms with van der Waals surface area (Å²) >= 11 is 0. The fraction of sp³-hybridized carbons (Fsp3) is 0.318. The van der Waals surface area contributed by atoms with Crippen LogP contribution in [0.5, 0.6) is 11.5 Å². The van der Waals surface area contributed by atoms with Crippen LogP contribution in [0, 0.1) is 0 Å². The first-order valence-corrected chi connectivity index (χ1v) is 9.63. The number of nitrogens with one attached hydrogen (secondary N) is 1. The zero-order chi connectivity index (χ0) is 20.2. The predicted octanol–water partition coefficient (Wildman–Crippen LogP) is 2.96. The minimum absolute atomic E-state index is 0.167. The molecule has 0 aliphatic carbocycles. The van der Waals surface area contributed by atoms with Gasteiger partial charge in [0, 0.05) is 49.6 Å². The normalized spacial score (nSPS) is 15.4. The van der Waals surface area contributed by atoms with Gasteiger partial charge < -0.3 is 19.4 Å². The predicted molar refractivity (Wildman–Crippen MR) is 108 cm³/mol. The van der Waals surface area contributed by atoms with E-state index >= 15 is 0 Å². The Bertz CT molecular complexity index is 1000. The second-order valence-corrected chi connectivity index (χ2v) is 7.08. The highest BCUT2D eigenvalue weighted by Crippen LogP contribution is 2.36. The Labute approximate surface area is 169 Å². The molecular formula is C22H24N4O3. The molecule has 1 aromatic carbocycles. The van der Waals surface area contributed by atoms with Gasteiger partial charge in [-0.15, -0.1) is 0 Å². The van der Waals surface area contributed by atoms with Crippen molar-refractivity contribution in [3.05, 3.63) is 71.6 Å². The summed E-state index contributed by atoms with van der Waals surface area (Å²) in [7, 11) is 3.35. The maximum atomic E-state index is 12.5. The molecule has 0 fully saturated rings. The summed E-state index contributed by atoms with van der Waals surface area (Å²) in [6, 6.07) is 9.64. The lowest BCUT2D eigenvalue weighted by atomic mass is 9.90. The largest absolute Gasteiger partial charge is 0.497 e. The van der Waals surface area contributed by atoms with E-state index in [1.165, 1.54) is 0 Å². The Morgan fingerprint density at radius 2 is 2.03 bits per heavy atom. The molecule has 0 saturated carbocycles. The number of fused-ring (bicyclic) bond motifs is 1. The molecule has 3 heterocycles. The van der Waals surface area contributed by atoms with E-state index in [-0.39, 0.29) is 11.8 Å². The Hall–Kier alpha value is -3.35. The Balaban J connectivity index is 1.48. The molecule has 4 rings (SSSR count). The summed E-state index contributed by atoms with van der Waals surface area (Å²) in [5, 5.41) is 2.92. The summed E-state index contributed by atoms with van der Waals surface area (Å²) in [5.74, 6) is 2.72. The monoisotopic (exact) mass is 392 g/mol.